The van der Waals surface area contributed by atoms with Gasteiger partial charge in [0.15, 0.2) is 0 Å². The van der Waals surface area contributed by atoms with Crippen molar-refractivity contribution in [3.8, 4) is 6.01 Å². The summed E-state index contributed by atoms with van der Waals surface area (Å²) in [5, 5.41) is 14.0. The average molecular weight is 665 g/mol. The molecule has 4 aliphatic heterocycles. The molecule has 256 valence electrons. The summed E-state index contributed by atoms with van der Waals surface area (Å²) in [6.45, 7) is 4.53. The minimum absolute atomic E-state index is 0.140. The van der Waals surface area contributed by atoms with E-state index in [1.807, 2.05) is 18.3 Å². The molecule has 3 aromatic rings. The van der Waals surface area contributed by atoms with E-state index < -0.39 is 17.6 Å². The van der Waals surface area contributed by atoms with Crippen LogP contribution in [0.3, 0.4) is 0 Å². The maximum Gasteiger partial charge on any atom is 0.316 e. The van der Waals surface area contributed by atoms with Gasteiger partial charge >= 0.3 is 6.01 Å². The fourth-order valence-electron chi connectivity index (χ4n) is 8.20. The first kappa shape index (κ1) is 31.9. The van der Waals surface area contributed by atoms with Gasteiger partial charge in [-0.2, -0.15) is 4.98 Å². The number of benzene rings is 2. The molecule has 2 N–H and O–H groups in total. The second-order valence-corrected chi connectivity index (χ2v) is 14.4. The lowest BCUT2D eigenvalue weighted by Crippen LogP contribution is -2.52. The van der Waals surface area contributed by atoms with Crippen LogP contribution >= 0.6 is 0 Å². The molecule has 5 aliphatic rings. The predicted molar refractivity (Wildman–Crippen MR) is 182 cm³/mol. The van der Waals surface area contributed by atoms with Crippen LogP contribution in [0.4, 0.5) is 5.69 Å². The van der Waals surface area contributed by atoms with E-state index in [2.05, 4.69) is 44.4 Å². The predicted octanol–water partition coefficient (Wildman–Crippen LogP) is 3.65. The Morgan fingerprint density at radius 2 is 1.67 bits per heavy atom. The lowest BCUT2D eigenvalue weighted by atomic mass is 9.83. The molecule has 1 aliphatic carbocycles. The number of carbonyl (C=O) groups excluding carboxylic acids is 3. The third-order valence-corrected chi connectivity index (χ3v) is 11.2. The van der Waals surface area contributed by atoms with Crippen molar-refractivity contribution < 1.29 is 24.2 Å². The highest BCUT2D eigenvalue weighted by molar-refractivity contribution is 6.05. The van der Waals surface area contributed by atoms with Crippen LogP contribution in [0, 0.1) is 0 Å². The molecule has 1 unspecified atom stereocenters. The van der Waals surface area contributed by atoms with E-state index in [1.165, 1.54) is 29.7 Å². The first-order valence-corrected chi connectivity index (χ1v) is 17.9. The Balaban J connectivity index is 0.818. The van der Waals surface area contributed by atoms with E-state index in [-0.39, 0.29) is 24.3 Å². The summed E-state index contributed by atoms with van der Waals surface area (Å²) >= 11 is 0. The molecule has 3 saturated heterocycles. The molecule has 0 saturated carbocycles. The summed E-state index contributed by atoms with van der Waals surface area (Å²) in [4.78, 5) is 52.7. The number of aromatic nitrogens is 2. The number of carbonyl (C=O) groups is 3. The monoisotopic (exact) mass is 664 g/mol. The van der Waals surface area contributed by atoms with E-state index in [0.29, 0.717) is 37.4 Å². The van der Waals surface area contributed by atoms with Gasteiger partial charge in [-0.1, -0.05) is 24.3 Å². The van der Waals surface area contributed by atoms with Crippen molar-refractivity contribution in [3.05, 3.63) is 82.2 Å². The number of hydrogen-bond acceptors (Lipinski definition) is 9. The highest BCUT2D eigenvalue weighted by atomic mass is 16.5. The van der Waals surface area contributed by atoms with Crippen LogP contribution in [-0.4, -0.2) is 80.9 Å². The van der Waals surface area contributed by atoms with E-state index in [1.54, 1.807) is 11.0 Å². The van der Waals surface area contributed by atoms with Crippen LogP contribution in [0.5, 0.6) is 6.01 Å². The van der Waals surface area contributed by atoms with Crippen LogP contribution in [0.25, 0.3) is 0 Å². The van der Waals surface area contributed by atoms with Gasteiger partial charge in [0.1, 0.15) is 12.1 Å². The van der Waals surface area contributed by atoms with Crippen molar-refractivity contribution in [2.24, 2.45) is 0 Å². The van der Waals surface area contributed by atoms with Crippen LogP contribution in [0.1, 0.15) is 89.7 Å². The number of ether oxygens (including phenoxy) is 1. The standard InChI is InChI=1S/C38H44N6O5/c45-34-12-11-33(35(46)41-34)44-24-27-21-28(7-10-31(27)36(44)47)38(48)15-19-42(20-16-38)23-25-5-8-29(9-6-25)43-17-13-30(14-18-43)49-37-39-22-26-3-1-2-4-32(26)40-37/h5-10,21-22,30,33,48H,1-4,11-20,23-24H2,(H,41,45,46). The maximum atomic E-state index is 13.1. The Labute approximate surface area is 286 Å². The number of imide groups is 1. The average Bonchev–Trinajstić information content (AvgIpc) is 3.45. The van der Waals surface area contributed by atoms with E-state index >= 15 is 0 Å². The van der Waals surface area contributed by atoms with Gasteiger partial charge in [-0.25, -0.2) is 4.98 Å². The summed E-state index contributed by atoms with van der Waals surface area (Å²) in [6, 6.07) is 14.3. The van der Waals surface area contributed by atoms with Gasteiger partial charge in [-0.15, -0.1) is 0 Å². The Morgan fingerprint density at radius 3 is 2.45 bits per heavy atom. The van der Waals surface area contributed by atoms with E-state index in [4.69, 9.17) is 9.72 Å². The van der Waals surface area contributed by atoms with Crippen LogP contribution < -0.4 is 15.0 Å². The first-order valence-electron chi connectivity index (χ1n) is 17.9. The van der Waals surface area contributed by atoms with E-state index in [0.717, 1.165) is 75.2 Å². The van der Waals surface area contributed by atoms with Crippen molar-refractivity contribution in [2.75, 3.05) is 31.1 Å². The molecular weight excluding hydrogens is 620 g/mol. The zero-order valence-corrected chi connectivity index (χ0v) is 27.9. The van der Waals surface area contributed by atoms with Gasteiger partial charge in [-0.3, -0.25) is 24.6 Å². The number of piperidine rings is 3. The summed E-state index contributed by atoms with van der Waals surface area (Å²) in [5.41, 5.74) is 6.15. The van der Waals surface area contributed by atoms with Crippen molar-refractivity contribution in [1.82, 2.24) is 25.1 Å². The summed E-state index contributed by atoms with van der Waals surface area (Å²) in [5.74, 6) is -0.910. The molecule has 11 nitrogen and oxygen atoms in total. The molecule has 0 bridgehead atoms. The highest BCUT2D eigenvalue weighted by Gasteiger charge is 2.41. The zero-order chi connectivity index (χ0) is 33.5. The van der Waals surface area contributed by atoms with Crippen LogP contribution in [0.15, 0.2) is 48.7 Å². The number of hydrogen-bond donors (Lipinski definition) is 2. The molecule has 0 spiro atoms. The Morgan fingerprint density at radius 1 is 0.898 bits per heavy atom. The molecule has 1 aromatic heterocycles. The third-order valence-electron chi connectivity index (χ3n) is 11.2. The number of anilines is 1. The topological polar surface area (TPSA) is 128 Å². The van der Waals surface area contributed by atoms with Crippen molar-refractivity contribution in [3.63, 3.8) is 0 Å². The second-order valence-electron chi connectivity index (χ2n) is 14.4. The van der Waals surface area contributed by atoms with Crippen LogP contribution in [0.2, 0.25) is 0 Å². The fraction of sp³-hybridized carbons (Fsp3) is 0.500. The summed E-state index contributed by atoms with van der Waals surface area (Å²) < 4.78 is 6.20. The molecule has 8 rings (SSSR count). The Bertz CT molecular complexity index is 1750. The highest BCUT2D eigenvalue weighted by Crippen LogP contribution is 2.37. The molecule has 2 aromatic carbocycles. The van der Waals surface area contributed by atoms with Crippen molar-refractivity contribution in [2.45, 2.75) is 95.0 Å². The second kappa shape index (κ2) is 13.2. The smallest absolute Gasteiger partial charge is 0.316 e. The number of nitrogens with zero attached hydrogens (tertiary/aromatic N) is 5. The van der Waals surface area contributed by atoms with Crippen LogP contribution in [-0.2, 0) is 41.1 Å². The maximum absolute atomic E-state index is 13.1. The summed E-state index contributed by atoms with van der Waals surface area (Å²) in [6.07, 6.45) is 10.3. The molecule has 3 fully saturated rings. The minimum atomic E-state index is -0.970. The molecule has 49 heavy (non-hydrogen) atoms. The van der Waals surface area contributed by atoms with Gasteiger partial charge in [-0.05, 0) is 85.4 Å². The zero-order valence-electron chi connectivity index (χ0n) is 27.9. The number of amides is 3. The molecule has 3 amide bonds. The molecule has 1 atom stereocenters. The summed E-state index contributed by atoms with van der Waals surface area (Å²) in [7, 11) is 0. The largest absolute Gasteiger partial charge is 0.460 e. The molecular formula is C38H44N6O5. The lowest BCUT2D eigenvalue weighted by Gasteiger charge is -2.39. The van der Waals surface area contributed by atoms with Gasteiger partial charge in [0.2, 0.25) is 11.8 Å². The normalized spacial score (nSPS) is 22.9. The lowest BCUT2D eigenvalue weighted by molar-refractivity contribution is -0.136. The van der Waals surface area contributed by atoms with Gasteiger partial charge < -0.3 is 19.6 Å². The number of likely N-dealkylation sites (tertiary alicyclic amines) is 1. The third kappa shape index (κ3) is 6.53. The van der Waals surface area contributed by atoms with Gasteiger partial charge in [0, 0.05) is 76.0 Å². The van der Waals surface area contributed by atoms with Gasteiger partial charge in [0.25, 0.3) is 5.91 Å². The first-order chi connectivity index (χ1) is 23.8. The van der Waals surface area contributed by atoms with E-state index in [9.17, 15) is 19.5 Å². The Kier molecular flexibility index (Phi) is 8.57. The quantitative estimate of drug-likeness (QED) is 0.364. The number of rotatable bonds is 7. The number of aliphatic hydroxyl groups is 1. The number of fused-ring (bicyclic) bond motifs is 2. The number of nitrogens with one attached hydrogen (secondary N) is 1. The Hall–Kier alpha value is -4.35. The molecule has 0 radical (unpaired) electrons. The molecule has 5 heterocycles. The van der Waals surface area contributed by atoms with Crippen molar-refractivity contribution >= 4 is 23.4 Å². The van der Waals surface area contributed by atoms with Gasteiger partial charge in [0.05, 0.1) is 11.3 Å². The SMILES string of the molecule is O=C1CCC(N2Cc3cc(C4(O)CCN(Cc5ccc(N6CCC(Oc7ncc8c(n7)CCCC8)CC6)cc5)CC4)ccc3C2=O)C(=O)N1. The van der Waals surface area contributed by atoms with Crippen molar-refractivity contribution in [1.29, 1.82) is 0 Å². The number of aryl methyl sites for hydroxylation is 2. The fourth-order valence-corrected chi connectivity index (χ4v) is 8.20. The molecule has 11 heteroatoms. The minimum Gasteiger partial charge on any atom is -0.460 e.